The summed E-state index contributed by atoms with van der Waals surface area (Å²) >= 11 is 0. The highest BCUT2D eigenvalue weighted by Gasteiger charge is 2.30. The lowest BCUT2D eigenvalue weighted by molar-refractivity contribution is -0.137. The van der Waals surface area contributed by atoms with Crippen LogP contribution in [0.25, 0.3) is 11.1 Å². The van der Waals surface area contributed by atoms with Crippen molar-refractivity contribution in [3.63, 3.8) is 0 Å². The molecular formula is C21H21F3N2O2S. The molecule has 0 fully saturated rings. The lowest BCUT2D eigenvalue weighted by atomic mass is 10.0. The summed E-state index contributed by atoms with van der Waals surface area (Å²) in [7, 11) is -1.27. The van der Waals surface area contributed by atoms with Crippen molar-refractivity contribution in [2.75, 3.05) is 6.26 Å². The molecule has 0 bridgehead atoms. The number of hydrogen-bond acceptors (Lipinski definition) is 3. The first-order valence-corrected chi connectivity index (χ1v) is 10.2. The van der Waals surface area contributed by atoms with E-state index in [9.17, 15) is 22.2 Å². The second kappa shape index (κ2) is 9.17. The Labute approximate surface area is 170 Å². The summed E-state index contributed by atoms with van der Waals surface area (Å²) in [6.45, 7) is 4.81. The topological polar surface area (TPSA) is 58.5 Å². The molecule has 0 saturated heterocycles. The maximum absolute atomic E-state index is 13.0. The number of rotatable bonds is 6. The highest BCUT2D eigenvalue weighted by molar-refractivity contribution is 7.82. The Kier molecular flexibility index (Phi) is 7.13. The van der Waals surface area contributed by atoms with Gasteiger partial charge in [-0.2, -0.15) is 13.2 Å². The van der Waals surface area contributed by atoms with E-state index in [1.807, 2.05) is 0 Å². The number of carbonyl (C=O) groups is 1. The van der Waals surface area contributed by atoms with E-state index in [1.165, 1.54) is 25.3 Å². The normalized spacial score (nSPS) is 13.9. The summed E-state index contributed by atoms with van der Waals surface area (Å²) in [4.78, 5) is 16.3. The van der Waals surface area contributed by atoms with Crippen LogP contribution in [-0.4, -0.2) is 22.0 Å². The van der Waals surface area contributed by atoms with Gasteiger partial charge in [0.15, 0.2) is 5.78 Å². The molecule has 0 radical (unpaired) electrons. The summed E-state index contributed by atoms with van der Waals surface area (Å²) in [6.07, 6.45) is -1.44. The number of benzene rings is 2. The van der Waals surface area contributed by atoms with Gasteiger partial charge in [-0.3, -0.25) is 4.79 Å². The molecule has 0 amide bonds. The van der Waals surface area contributed by atoms with Gasteiger partial charge in [-0.25, -0.2) is 9.20 Å². The molecule has 8 heteroatoms. The minimum atomic E-state index is -4.41. The Morgan fingerprint density at radius 2 is 1.76 bits per heavy atom. The van der Waals surface area contributed by atoms with Gasteiger partial charge in [-0.1, -0.05) is 18.2 Å². The minimum absolute atomic E-state index is 0.176. The lowest BCUT2D eigenvalue weighted by Crippen LogP contribution is -2.16. The second-order valence-electron chi connectivity index (χ2n) is 6.52. The smallest absolute Gasteiger partial charge is 0.309 e. The van der Waals surface area contributed by atoms with Crippen LogP contribution in [0.4, 0.5) is 18.9 Å². The Morgan fingerprint density at radius 3 is 2.31 bits per heavy atom. The number of aliphatic imine (C=N–C) groups is 1. The zero-order chi connectivity index (χ0) is 21.8. The predicted molar refractivity (Wildman–Crippen MR) is 110 cm³/mol. The van der Waals surface area contributed by atoms with Gasteiger partial charge in [0.1, 0.15) is 16.7 Å². The Bertz CT molecular complexity index is 1010. The van der Waals surface area contributed by atoms with Gasteiger partial charge >= 0.3 is 6.18 Å². The fourth-order valence-corrected chi connectivity index (χ4v) is 3.15. The van der Waals surface area contributed by atoms with Gasteiger partial charge in [0.25, 0.3) is 0 Å². The van der Waals surface area contributed by atoms with Gasteiger partial charge in [-0.15, -0.1) is 0 Å². The monoisotopic (exact) mass is 422 g/mol. The van der Waals surface area contributed by atoms with Crippen molar-refractivity contribution in [3.05, 3.63) is 65.4 Å². The molecule has 0 aromatic heterocycles. The van der Waals surface area contributed by atoms with Crippen molar-refractivity contribution in [1.82, 2.24) is 4.72 Å². The summed E-state index contributed by atoms with van der Waals surface area (Å²) in [5.74, 6) is -0.269. The Hall–Kier alpha value is -2.74. The number of aryl methyl sites for hydroxylation is 1. The average Bonchev–Trinajstić information content (AvgIpc) is 2.61. The molecule has 2 aromatic rings. The molecule has 0 spiro atoms. The highest BCUT2D eigenvalue weighted by atomic mass is 32.2. The van der Waals surface area contributed by atoms with E-state index in [0.717, 1.165) is 12.1 Å². The third-order valence-electron chi connectivity index (χ3n) is 3.98. The first kappa shape index (κ1) is 22.5. The van der Waals surface area contributed by atoms with Crippen LogP contribution in [-0.2, 0) is 22.0 Å². The van der Waals surface area contributed by atoms with Gasteiger partial charge in [-0.05, 0) is 60.9 Å². The lowest BCUT2D eigenvalue weighted by Gasteiger charge is -2.10. The van der Waals surface area contributed by atoms with Crippen LogP contribution >= 0.6 is 0 Å². The fourth-order valence-electron chi connectivity index (χ4n) is 2.64. The molecule has 2 rings (SSSR count). The predicted octanol–water partition coefficient (Wildman–Crippen LogP) is 5.13. The molecule has 1 unspecified atom stereocenters. The van der Waals surface area contributed by atoms with Crippen LogP contribution in [0, 0.1) is 6.92 Å². The number of nitrogens with zero attached hydrogens (tertiary/aromatic N) is 1. The number of Topliss-reactive ketones (excluding diaryl/α,β-unsaturated/α-hetero) is 1. The number of hydrogen-bond donors (Lipinski definition) is 1. The van der Waals surface area contributed by atoms with Crippen molar-refractivity contribution in [3.8, 4) is 11.1 Å². The van der Waals surface area contributed by atoms with Gasteiger partial charge in [0.2, 0.25) is 0 Å². The van der Waals surface area contributed by atoms with Crippen LogP contribution in [0.15, 0.2) is 59.2 Å². The fraction of sp³-hybridized carbons (Fsp3) is 0.238. The number of nitrogens with one attached hydrogen (secondary N) is 1. The zero-order valence-corrected chi connectivity index (χ0v) is 17.2. The maximum Gasteiger partial charge on any atom is 0.416 e. The van der Waals surface area contributed by atoms with Crippen LogP contribution in [0.1, 0.15) is 25.0 Å². The molecule has 0 heterocycles. The largest absolute Gasteiger partial charge is 0.416 e. The Morgan fingerprint density at radius 1 is 1.10 bits per heavy atom. The molecule has 154 valence electrons. The van der Waals surface area contributed by atoms with E-state index in [-0.39, 0.29) is 11.5 Å². The number of alkyl halides is 3. The SMILES string of the molecule is CC(=O)C(/C=C(\C)NS(C)=O)=Nc1ccc(-c2cccc(C(F)(F)F)c2)cc1C. The quantitative estimate of drug-likeness (QED) is 0.656. The average molecular weight is 422 g/mol. The molecule has 1 atom stereocenters. The molecule has 0 aliphatic carbocycles. The van der Waals surface area contributed by atoms with E-state index in [1.54, 1.807) is 38.1 Å². The number of ketones is 1. The van der Waals surface area contributed by atoms with Crippen molar-refractivity contribution < 1.29 is 22.2 Å². The van der Waals surface area contributed by atoms with Crippen molar-refractivity contribution in [2.45, 2.75) is 26.9 Å². The van der Waals surface area contributed by atoms with E-state index in [0.29, 0.717) is 28.1 Å². The van der Waals surface area contributed by atoms with Crippen LogP contribution in [0.3, 0.4) is 0 Å². The Balaban J connectivity index is 2.41. The molecule has 0 saturated carbocycles. The zero-order valence-electron chi connectivity index (χ0n) is 16.4. The van der Waals surface area contributed by atoms with E-state index < -0.39 is 22.7 Å². The molecule has 4 nitrogen and oxygen atoms in total. The summed E-state index contributed by atoms with van der Waals surface area (Å²) in [6, 6.07) is 10.1. The standard InChI is InChI=1S/C21H21F3N2O2S/c1-13-10-17(16-6-5-7-18(12-16)21(22,23)24)8-9-19(13)25-20(15(3)27)11-14(2)26-29(4)28/h5-12,26H,1-4H3/b14-11+,25-20?. The van der Waals surface area contributed by atoms with Crippen molar-refractivity contribution >= 4 is 28.2 Å². The molecular weight excluding hydrogens is 401 g/mol. The molecule has 0 aliphatic heterocycles. The minimum Gasteiger partial charge on any atom is -0.309 e. The van der Waals surface area contributed by atoms with E-state index in [2.05, 4.69) is 9.71 Å². The maximum atomic E-state index is 13.0. The van der Waals surface area contributed by atoms with Crippen LogP contribution < -0.4 is 4.72 Å². The van der Waals surface area contributed by atoms with Crippen LogP contribution in [0.5, 0.6) is 0 Å². The van der Waals surface area contributed by atoms with Crippen molar-refractivity contribution in [1.29, 1.82) is 0 Å². The van der Waals surface area contributed by atoms with E-state index in [4.69, 9.17) is 0 Å². The van der Waals surface area contributed by atoms with Gasteiger partial charge in [0, 0.05) is 18.9 Å². The van der Waals surface area contributed by atoms with Gasteiger partial charge in [0.05, 0.1) is 11.3 Å². The first-order chi connectivity index (χ1) is 13.5. The molecule has 2 aromatic carbocycles. The molecule has 29 heavy (non-hydrogen) atoms. The summed E-state index contributed by atoms with van der Waals surface area (Å²) < 4.78 is 52.8. The molecule has 0 aliphatic rings. The number of allylic oxidation sites excluding steroid dienone is 2. The highest BCUT2D eigenvalue weighted by Crippen LogP contribution is 2.33. The third kappa shape index (κ3) is 6.39. The van der Waals surface area contributed by atoms with Gasteiger partial charge < -0.3 is 4.72 Å². The summed E-state index contributed by atoms with van der Waals surface area (Å²) in [5, 5.41) is 0. The van der Waals surface area contributed by atoms with Crippen molar-refractivity contribution in [2.24, 2.45) is 4.99 Å². The first-order valence-electron chi connectivity index (χ1n) is 8.63. The van der Waals surface area contributed by atoms with Crippen LogP contribution in [0.2, 0.25) is 0 Å². The summed E-state index contributed by atoms with van der Waals surface area (Å²) in [5.41, 5.74) is 2.27. The number of carbonyl (C=O) groups excluding carboxylic acids is 1. The number of halogens is 3. The second-order valence-corrected chi connectivity index (χ2v) is 7.63. The van der Waals surface area contributed by atoms with E-state index >= 15 is 0 Å². The molecule has 1 N–H and O–H groups in total. The third-order valence-corrected chi connectivity index (χ3v) is 4.59.